The molecule has 1 aromatic carbocycles. The molecule has 2 aromatic rings. The summed E-state index contributed by atoms with van der Waals surface area (Å²) in [4.78, 5) is 0. The molecular weight excluding hydrogens is 214 g/mol. The summed E-state index contributed by atoms with van der Waals surface area (Å²) in [5.41, 5.74) is 4.07. The van der Waals surface area contributed by atoms with Crippen molar-refractivity contribution in [2.24, 2.45) is 0 Å². The predicted molar refractivity (Wildman–Crippen MR) is 71.8 cm³/mol. The summed E-state index contributed by atoms with van der Waals surface area (Å²) in [5, 5.41) is 7.79. The van der Waals surface area contributed by atoms with Gasteiger partial charge < -0.3 is 5.32 Å². The first-order valence-electron chi connectivity index (χ1n) is 5.73. The minimum atomic E-state index is 0.958. The van der Waals surface area contributed by atoms with Crippen LogP contribution in [0.3, 0.4) is 0 Å². The monoisotopic (exact) mass is 231 g/mol. The first kappa shape index (κ1) is 11.4. The molecule has 0 fully saturated rings. The maximum atomic E-state index is 3.46. The third-order valence-electron chi connectivity index (χ3n) is 2.59. The topological polar surface area (TPSA) is 12.0 Å². The van der Waals surface area contributed by atoms with E-state index in [4.69, 9.17) is 0 Å². The Labute approximate surface area is 101 Å². The molecule has 2 rings (SSSR count). The van der Waals surface area contributed by atoms with E-state index >= 15 is 0 Å². The fourth-order valence-electron chi connectivity index (χ4n) is 1.77. The largest absolute Gasteiger partial charge is 0.313 e. The molecule has 0 bridgehead atoms. The highest BCUT2D eigenvalue weighted by Gasteiger charge is 2.03. The zero-order chi connectivity index (χ0) is 11.2. The molecule has 0 saturated carbocycles. The zero-order valence-electron chi connectivity index (χ0n) is 9.57. The average molecular weight is 231 g/mol. The Morgan fingerprint density at radius 2 is 2.06 bits per heavy atom. The quantitative estimate of drug-likeness (QED) is 0.769. The van der Waals surface area contributed by atoms with Gasteiger partial charge in [0.05, 0.1) is 0 Å². The van der Waals surface area contributed by atoms with Gasteiger partial charge in [-0.25, -0.2) is 0 Å². The van der Waals surface area contributed by atoms with Crippen molar-refractivity contribution in [3.8, 4) is 11.1 Å². The molecule has 1 nitrogen and oxygen atoms in total. The number of benzene rings is 1. The standard InChI is InChI=1S/C14H17NS/c1-2-8-15-10-12-5-3-4-6-14(12)13-7-9-16-11-13/h3-7,9,11,15H,2,8,10H2,1H3. The molecule has 0 amide bonds. The van der Waals surface area contributed by atoms with Gasteiger partial charge in [0, 0.05) is 6.54 Å². The van der Waals surface area contributed by atoms with Crippen molar-refractivity contribution in [3.05, 3.63) is 46.7 Å². The van der Waals surface area contributed by atoms with Crippen LogP contribution in [0.1, 0.15) is 18.9 Å². The lowest BCUT2D eigenvalue weighted by Gasteiger charge is -2.08. The molecule has 0 aliphatic carbocycles. The van der Waals surface area contributed by atoms with Crippen LogP contribution >= 0.6 is 11.3 Å². The minimum absolute atomic E-state index is 0.958. The fraction of sp³-hybridized carbons (Fsp3) is 0.286. The Morgan fingerprint density at radius 3 is 2.81 bits per heavy atom. The lowest BCUT2D eigenvalue weighted by Crippen LogP contribution is -2.14. The van der Waals surface area contributed by atoms with Crippen molar-refractivity contribution in [2.45, 2.75) is 19.9 Å². The second-order valence-corrected chi connectivity index (χ2v) is 4.63. The molecule has 0 aliphatic rings. The van der Waals surface area contributed by atoms with Gasteiger partial charge in [0.2, 0.25) is 0 Å². The van der Waals surface area contributed by atoms with Crippen LogP contribution in [0.25, 0.3) is 11.1 Å². The molecule has 2 heteroatoms. The lowest BCUT2D eigenvalue weighted by atomic mass is 10.0. The summed E-state index contributed by atoms with van der Waals surface area (Å²) in [7, 11) is 0. The summed E-state index contributed by atoms with van der Waals surface area (Å²) in [6.45, 7) is 4.23. The molecule has 1 N–H and O–H groups in total. The molecule has 0 saturated heterocycles. The maximum Gasteiger partial charge on any atom is 0.0211 e. The van der Waals surface area contributed by atoms with Crippen LogP contribution in [-0.2, 0) is 6.54 Å². The third kappa shape index (κ3) is 2.71. The van der Waals surface area contributed by atoms with Crippen LogP contribution in [0.4, 0.5) is 0 Å². The van der Waals surface area contributed by atoms with Gasteiger partial charge in [0.25, 0.3) is 0 Å². The smallest absolute Gasteiger partial charge is 0.0211 e. The lowest BCUT2D eigenvalue weighted by molar-refractivity contribution is 0.676. The Kier molecular flexibility index (Phi) is 4.14. The van der Waals surface area contributed by atoms with Crippen LogP contribution in [0.15, 0.2) is 41.1 Å². The summed E-state index contributed by atoms with van der Waals surface area (Å²) >= 11 is 1.75. The number of hydrogen-bond donors (Lipinski definition) is 1. The molecule has 1 heterocycles. The van der Waals surface area contributed by atoms with E-state index in [9.17, 15) is 0 Å². The molecule has 0 atom stereocenters. The first-order valence-corrected chi connectivity index (χ1v) is 6.67. The fourth-order valence-corrected chi connectivity index (χ4v) is 2.43. The number of thiophene rings is 1. The number of hydrogen-bond acceptors (Lipinski definition) is 2. The van der Waals surface area contributed by atoms with Crippen molar-refractivity contribution >= 4 is 11.3 Å². The van der Waals surface area contributed by atoms with Gasteiger partial charge in [-0.15, -0.1) is 0 Å². The second kappa shape index (κ2) is 5.83. The van der Waals surface area contributed by atoms with Crippen molar-refractivity contribution in [2.75, 3.05) is 6.54 Å². The van der Waals surface area contributed by atoms with Gasteiger partial charge in [-0.1, -0.05) is 31.2 Å². The molecular formula is C14H17NS. The summed E-state index contributed by atoms with van der Waals surface area (Å²) < 4.78 is 0. The highest BCUT2D eigenvalue weighted by Crippen LogP contribution is 2.25. The van der Waals surface area contributed by atoms with E-state index < -0.39 is 0 Å². The Morgan fingerprint density at radius 1 is 1.19 bits per heavy atom. The Balaban J connectivity index is 2.18. The third-order valence-corrected chi connectivity index (χ3v) is 3.28. The Hall–Kier alpha value is -1.12. The van der Waals surface area contributed by atoms with E-state index in [1.807, 2.05) is 0 Å². The van der Waals surface area contributed by atoms with Gasteiger partial charge in [0.1, 0.15) is 0 Å². The number of nitrogens with one attached hydrogen (secondary N) is 1. The van der Waals surface area contributed by atoms with Crippen LogP contribution in [0.5, 0.6) is 0 Å². The van der Waals surface area contributed by atoms with Gasteiger partial charge in [0.15, 0.2) is 0 Å². The van der Waals surface area contributed by atoms with E-state index in [1.54, 1.807) is 11.3 Å². The predicted octanol–water partition coefficient (Wildman–Crippen LogP) is 3.91. The van der Waals surface area contributed by atoms with E-state index in [1.165, 1.54) is 23.1 Å². The highest BCUT2D eigenvalue weighted by molar-refractivity contribution is 7.08. The Bertz CT molecular complexity index is 420. The summed E-state index contributed by atoms with van der Waals surface area (Å²) in [5.74, 6) is 0. The van der Waals surface area contributed by atoms with Gasteiger partial charge >= 0.3 is 0 Å². The van der Waals surface area contributed by atoms with Crippen molar-refractivity contribution in [1.29, 1.82) is 0 Å². The normalized spacial score (nSPS) is 10.6. The van der Waals surface area contributed by atoms with Crippen LogP contribution in [0, 0.1) is 0 Å². The molecule has 0 aliphatic heterocycles. The summed E-state index contributed by atoms with van der Waals surface area (Å²) in [6.07, 6.45) is 1.18. The molecule has 1 aromatic heterocycles. The van der Waals surface area contributed by atoms with Crippen LogP contribution in [0.2, 0.25) is 0 Å². The van der Waals surface area contributed by atoms with E-state index in [0.29, 0.717) is 0 Å². The minimum Gasteiger partial charge on any atom is -0.313 e. The molecule has 16 heavy (non-hydrogen) atoms. The molecule has 84 valence electrons. The van der Waals surface area contributed by atoms with E-state index in [-0.39, 0.29) is 0 Å². The van der Waals surface area contributed by atoms with Gasteiger partial charge in [-0.2, -0.15) is 11.3 Å². The van der Waals surface area contributed by atoms with Gasteiger partial charge in [-0.05, 0) is 46.5 Å². The van der Waals surface area contributed by atoms with Crippen LogP contribution in [-0.4, -0.2) is 6.54 Å². The van der Waals surface area contributed by atoms with Crippen molar-refractivity contribution < 1.29 is 0 Å². The number of rotatable bonds is 5. The first-order chi connectivity index (χ1) is 7.92. The second-order valence-electron chi connectivity index (χ2n) is 3.85. The van der Waals surface area contributed by atoms with Crippen molar-refractivity contribution in [1.82, 2.24) is 5.32 Å². The summed E-state index contributed by atoms with van der Waals surface area (Å²) in [6, 6.07) is 10.8. The molecule has 0 radical (unpaired) electrons. The zero-order valence-corrected chi connectivity index (χ0v) is 10.4. The molecule has 0 spiro atoms. The maximum absolute atomic E-state index is 3.46. The van der Waals surface area contributed by atoms with Gasteiger partial charge in [-0.3, -0.25) is 0 Å². The molecule has 0 unspecified atom stereocenters. The highest BCUT2D eigenvalue weighted by atomic mass is 32.1. The SMILES string of the molecule is CCCNCc1ccccc1-c1ccsc1. The van der Waals surface area contributed by atoms with Crippen molar-refractivity contribution in [3.63, 3.8) is 0 Å². The average Bonchev–Trinajstić information content (AvgIpc) is 2.83. The van der Waals surface area contributed by atoms with Crippen LogP contribution < -0.4 is 5.32 Å². The van der Waals surface area contributed by atoms with E-state index in [2.05, 4.69) is 53.3 Å². The van der Waals surface area contributed by atoms with E-state index in [0.717, 1.165) is 13.1 Å².